The number of hydrogen-bond acceptors (Lipinski definition) is 3. The van der Waals surface area contributed by atoms with Gasteiger partial charge in [-0.15, -0.1) is 0 Å². The molecule has 15 heavy (non-hydrogen) atoms. The van der Waals surface area contributed by atoms with Crippen molar-refractivity contribution in [1.82, 2.24) is 4.90 Å². The zero-order valence-corrected chi connectivity index (χ0v) is 9.19. The van der Waals surface area contributed by atoms with E-state index in [9.17, 15) is 9.59 Å². The number of rotatable bonds is 2. The Kier molecular flexibility index (Phi) is 3.34. The second-order valence-corrected chi connectivity index (χ2v) is 4.52. The van der Waals surface area contributed by atoms with Crippen molar-refractivity contribution in [2.24, 2.45) is 11.1 Å². The highest BCUT2D eigenvalue weighted by molar-refractivity contribution is 5.83. The van der Waals surface area contributed by atoms with Gasteiger partial charge < -0.3 is 15.7 Å². The van der Waals surface area contributed by atoms with Gasteiger partial charge in [-0.05, 0) is 26.7 Å². The van der Waals surface area contributed by atoms with Crippen LogP contribution in [0.25, 0.3) is 0 Å². The van der Waals surface area contributed by atoms with E-state index in [-0.39, 0.29) is 12.5 Å². The SMILES string of the molecule is C[C@@H](N)C(=O)N1CCCC(C)(C(=O)O)C1. The second-order valence-electron chi connectivity index (χ2n) is 4.52. The monoisotopic (exact) mass is 214 g/mol. The van der Waals surface area contributed by atoms with E-state index in [2.05, 4.69) is 0 Å². The highest BCUT2D eigenvalue weighted by Gasteiger charge is 2.39. The average Bonchev–Trinajstić information content (AvgIpc) is 2.16. The van der Waals surface area contributed by atoms with E-state index in [1.54, 1.807) is 18.7 Å². The Morgan fingerprint density at radius 2 is 2.13 bits per heavy atom. The number of likely N-dealkylation sites (tertiary alicyclic amines) is 1. The van der Waals surface area contributed by atoms with E-state index in [4.69, 9.17) is 10.8 Å². The van der Waals surface area contributed by atoms with Gasteiger partial charge in [0, 0.05) is 13.1 Å². The Morgan fingerprint density at radius 1 is 1.53 bits per heavy atom. The number of hydrogen-bond donors (Lipinski definition) is 2. The summed E-state index contributed by atoms with van der Waals surface area (Å²) in [4.78, 5) is 24.2. The van der Waals surface area contributed by atoms with Crippen molar-refractivity contribution in [3.63, 3.8) is 0 Å². The maximum Gasteiger partial charge on any atom is 0.311 e. The molecule has 1 amide bonds. The maximum atomic E-state index is 11.6. The molecular formula is C10H18N2O3. The van der Waals surface area contributed by atoms with Crippen molar-refractivity contribution in [3.05, 3.63) is 0 Å². The molecule has 1 unspecified atom stereocenters. The Bertz CT molecular complexity index is 278. The van der Waals surface area contributed by atoms with E-state index in [1.165, 1.54) is 0 Å². The van der Waals surface area contributed by atoms with Gasteiger partial charge in [-0.3, -0.25) is 9.59 Å². The topological polar surface area (TPSA) is 83.6 Å². The van der Waals surface area contributed by atoms with Gasteiger partial charge in [0.15, 0.2) is 0 Å². The summed E-state index contributed by atoms with van der Waals surface area (Å²) in [5.74, 6) is -1.01. The minimum atomic E-state index is -0.843. The van der Waals surface area contributed by atoms with Gasteiger partial charge in [0.1, 0.15) is 0 Å². The molecule has 0 saturated carbocycles. The number of carbonyl (C=O) groups excluding carboxylic acids is 1. The lowest BCUT2D eigenvalue weighted by Gasteiger charge is -2.38. The molecule has 86 valence electrons. The number of carboxylic acid groups (broad SMARTS) is 1. The summed E-state index contributed by atoms with van der Waals surface area (Å²) < 4.78 is 0. The smallest absolute Gasteiger partial charge is 0.311 e. The first-order valence-corrected chi connectivity index (χ1v) is 5.14. The van der Waals surface area contributed by atoms with Crippen molar-refractivity contribution >= 4 is 11.9 Å². The van der Waals surface area contributed by atoms with Crippen molar-refractivity contribution in [2.45, 2.75) is 32.7 Å². The fourth-order valence-electron chi connectivity index (χ4n) is 1.89. The van der Waals surface area contributed by atoms with Gasteiger partial charge in [-0.25, -0.2) is 0 Å². The largest absolute Gasteiger partial charge is 0.481 e. The molecule has 0 aliphatic carbocycles. The van der Waals surface area contributed by atoms with Crippen LogP contribution in [-0.2, 0) is 9.59 Å². The molecular weight excluding hydrogens is 196 g/mol. The van der Waals surface area contributed by atoms with Gasteiger partial charge in [0.05, 0.1) is 11.5 Å². The molecule has 0 spiro atoms. The number of carbonyl (C=O) groups is 2. The van der Waals surface area contributed by atoms with Gasteiger partial charge in [0.25, 0.3) is 0 Å². The highest BCUT2D eigenvalue weighted by atomic mass is 16.4. The summed E-state index contributed by atoms with van der Waals surface area (Å²) in [6, 6.07) is -0.554. The van der Waals surface area contributed by atoms with E-state index in [0.717, 1.165) is 6.42 Å². The summed E-state index contributed by atoms with van der Waals surface area (Å²) in [5, 5.41) is 9.07. The van der Waals surface area contributed by atoms with Crippen molar-refractivity contribution in [1.29, 1.82) is 0 Å². The molecule has 2 atom stereocenters. The van der Waals surface area contributed by atoms with E-state index < -0.39 is 17.4 Å². The number of nitrogens with zero attached hydrogens (tertiary/aromatic N) is 1. The summed E-state index contributed by atoms with van der Waals surface area (Å²) >= 11 is 0. The Balaban J connectivity index is 2.72. The zero-order chi connectivity index (χ0) is 11.6. The summed E-state index contributed by atoms with van der Waals surface area (Å²) in [6.07, 6.45) is 1.34. The first kappa shape index (κ1) is 12.0. The number of aliphatic carboxylic acids is 1. The van der Waals surface area contributed by atoms with Crippen LogP contribution >= 0.6 is 0 Å². The molecule has 3 N–H and O–H groups in total. The third kappa shape index (κ3) is 2.47. The minimum Gasteiger partial charge on any atom is -0.481 e. The van der Waals surface area contributed by atoms with Crippen LogP contribution in [0.5, 0.6) is 0 Å². The van der Waals surface area contributed by atoms with Crippen molar-refractivity contribution in [2.75, 3.05) is 13.1 Å². The predicted molar refractivity (Wildman–Crippen MR) is 55.2 cm³/mol. The van der Waals surface area contributed by atoms with Crippen LogP contribution in [0.1, 0.15) is 26.7 Å². The van der Waals surface area contributed by atoms with Crippen molar-refractivity contribution < 1.29 is 14.7 Å². The summed E-state index contributed by atoms with van der Waals surface area (Å²) in [7, 11) is 0. The van der Waals surface area contributed by atoms with Gasteiger partial charge in [-0.2, -0.15) is 0 Å². The highest BCUT2D eigenvalue weighted by Crippen LogP contribution is 2.29. The molecule has 1 heterocycles. The molecule has 1 rings (SSSR count). The normalized spacial score (nSPS) is 28.6. The van der Waals surface area contributed by atoms with Crippen LogP contribution in [0.2, 0.25) is 0 Å². The molecule has 5 heteroatoms. The zero-order valence-electron chi connectivity index (χ0n) is 9.19. The third-order valence-electron chi connectivity index (χ3n) is 2.91. The van der Waals surface area contributed by atoms with E-state index in [1.807, 2.05) is 0 Å². The Morgan fingerprint density at radius 3 is 2.60 bits per heavy atom. The first-order chi connectivity index (χ1) is 6.87. The van der Waals surface area contributed by atoms with Gasteiger partial charge in [-0.1, -0.05) is 0 Å². The first-order valence-electron chi connectivity index (χ1n) is 5.14. The lowest BCUT2D eigenvalue weighted by atomic mass is 9.82. The molecule has 5 nitrogen and oxygen atoms in total. The molecule has 0 aromatic rings. The molecule has 0 aromatic carbocycles. The molecule has 1 fully saturated rings. The summed E-state index contributed by atoms with van der Waals surface area (Å²) in [6.45, 7) is 4.18. The van der Waals surface area contributed by atoms with Crippen LogP contribution in [0.3, 0.4) is 0 Å². The average molecular weight is 214 g/mol. The van der Waals surface area contributed by atoms with Crippen LogP contribution in [0.4, 0.5) is 0 Å². The Labute approximate surface area is 89.2 Å². The van der Waals surface area contributed by atoms with Crippen LogP contribution < -0.4 is 5.73 Å². The molecule has 0 radical (unpaired) electrons. The number of carboxylic acids is 1. The lowest BCUT2D eigenvalue weighted by Crippen LogP contribution is -2.52. The fourth-order valence-corrected chi connectivity index (χ4v) is 1.89. The quantitative estimate of drug-likeness (QED) is 0.680. The van der Waals surface area contributed by atoms with Crippen molar-refractivity contribution in [3.8, 4) is 0 Å². The summed E-state index contributed by atoms with van der Waals surface area (Å²) in [5.41, 5.74) is 4.68. The molecule has 1 aliphatic heterocycles. The lowest BCUT2D eigenvalue weighted by molar-refractivity contribution is -0.153. The molecule has 0 aromatic heterocycles. The third-order valence-corrected chi connectivity index (χ3v) is 2.91. The Hall–Kier alpha value is -1.10. The molecule has 1 saturated heterocycles. The minimum absolute atomic E-state index is 0.165. The number of piperidine rings is 1. The maximum absolute atomic E-state index is 11.6. The number of amides is 1. The van der Waals surface area contributed by atoms with Crippen LogP contribution in [0, 0.1) is 5.41 Å². The van der Waals surface area contributed by atoms with Crippen LogP contribution in [0.15, 0.2) is 0 Å². The standard InChI is InChI=1S/C10H18N2O3/c1-7(11)8(13)12-5-3-4-10(2,6-12)9(14)15/h7H,3-6,11H2,1-2H3,(H,14,15)/t7-,10?/m1/s1. The molecule has 0 bridgehead atoms. The van der Waals surface area contributed by atoms with E-state index in [0.29, 0.717) is 13.0 Å². The predicted octanol–water partition coefficient (Wildman–Crippen LogP) is 0.0469. The number of nitrogens with two attached hydrogens (primary N) is 1. The fraction of sp³-hybridized carbons (Fsp3) is 0.800. The van der Waals surface area contributed by atoms with E-state index >= 15 is 0 Å². The van der Waals surface area contributed by atoms with Crippen LogP contribution in [-0.4, -0.2) is 41.0 Å². The second kappa shape index (κ2) is 4.18. The molecule has 1 aliphatic rings. The van der Waals surface area contributed by atoms with Gasteiger partial charge >= 0.3 is 5.97 Å². The van der Waals surface area contributed by atoms with Gasteiger partial charge in [0.2, 0.25) is 5.91 Å².